The number of ether oxygens (including phenoxy) is 2. The van der Waals surface area contributed by atoms with E-state index in [1.807, 2.05) is 59.5 Å². The van der Waals surface area contributed by atoms with Crippen LogP contribution >= 0.6 is 0 Å². The fourth-order valence-corrected chi connectivity index (χ4v) is 2.92. The highest BCUT2D eigenvalue weighted by Crippen LogP contribution is 2.19. The van der Waals surface area contributed by atoms with E-state index in [2.05, 4.69) is 6.92 Å². The molecule has 2 aromatic rings. The minimum Gasteiger partial charge on any atom is -0.490 e. The summed E-state index contributed by atoms with van der Waals surface area (Å²) in [5.41, 5.74) is 0.724. The Morgan fingerprint density at radius 3 is 2.08 bits per heavy atom. The van der Waals surface area contributed by atoms with E-state index in [4.69, 9.17) is 9.47 Å². The van der Waals surface area contributed by atoms with Crippen LogP contribution in [0.5, 0.6) is 11.5 Å². The minimum absolute atomic E-state index is 0.117. The third-order valence-corrected chi connectivity index (χ3v) is 4.54. The molecule has 1 amide bonds. The van der Waals surface area contributed by atoms with E-state index in [0.717, 1.165) is 48.9 Å². The van der Waals surface area contributed by atoms with E-state index in [1.165, 1.54) is 0 Å². The molecule has 1 aliphatic rings. The van der Waals surface area contributed by atoms with Gasteiger partial charge in [0.1, 0.15) is 24.7 Å². The van der Waals surface area contributed by atoms with E-state index in [1.54, 1.807) is 0 Å². The molecule has 1 heterocycles. The molecule has 4 heteroatoms. The topological polar surface area (TPSA) is 38.8 Å². The lowest BCUT2D eigenvalue weighted by molar-refractivity contribution is 0.0697. The zero-order valence-electron chi connectivity index (χ0n) is 14.7. The van der Waals surface area contributed by atoms with E-state index in [0.29, 0.717) is 13.2 Å². The molecule has 4 nitrogen and oxygen atoms in total. The Bertz CT molecular complexity index is 661. The Kier molecular flexibility index (Phi) is 5.94. The second-order valence-corrected chi connectivity index (χ2v) is 6.51. The second kappa shape index (κ2) is 8.56. The van der Waals surface area contributed by atoms with Gasteiger partial charge in [-0.3, -0.25) is 4.79 Å². The summed E-state index contributed by atoms with van der Waals surface area (Å²) in [4.78, 5) is 14.4. The Labute approximate surface area is 149 Å². The van der Waals surface area contributed by atoms with Crippen molar-refractivity contribution in [1.29, 1.82) is 0 Å². The Morgan fingerprint density at radius 1 is 0.920 bits per heavy atom. The van der Waals surface area contributed by atoms with Crippen molar-refractivity contribution in [3.8, 4) is 11.5 Å². The lowest BCUT2D eigenvalue weighted by atomic mass is 9.98. The average Bonchev–Trinajstić information content (AvgIpc) is 2.67. The SMILES string of the molecule is CC1CCN(C(=O)c2ccc(OCCOc3ccccc3)cc2)CC1. The van der Waals surface area contributed by atoms with Crippen molar-refractivity contribution < 1.29 is 14.3 Å². The maximum atomic E-state index is 12.5. The van der Waals surface area contributed by atoms with E-state index in [9.17, 15) is 4.79 Å². The maximum Gasteiger partial charge on any atom is 0.253 e. The largest absolute Gasteiger partial charge is 0.490 e. The summed E-state index contributed by atoms with van der Waals surface area (Å²) in [5.74, 6) is 2.42. The number of carbonyl (C=O) groups excluding carboxylic acids is 1. The quantitative estimate of drug-likeness (QED) is 0.746. The molecule has 1 fully saturated rings. The molecule has 0 unspecified atom stereocenters. The highest BCUT2D eigenvalue weighted by molar-refractivity contribution is 5.94. The van der Waals surface area contributed by atoms with Crippen molar-refractivity contribution in [3.63, 3.8) is 0 Å². The number of hydrogen-bond donors (Lipinski definition) is 0. The zero-order chi connectivity index (χ0) is 17.5. The van der Waals surface area contributed by atoms with Crippen LogP contribution in [0.3, 0.4) is 0 Å². The standard InChI is InChI=1S/C21H25NO3/c1-17-11-13-22(14-12-17)21(23)18-7-9-20(10-8-18)25-16-15-24-19-5-3-2-4-6-19/h2-10,17H,11-16H2,1H3. The van der Waals surface area contributed by atoms with Gasteiger partial charge in [-0.25, -0.2) is 0 Å². The van der Waals surface area contributed by atoms with Crippen molar-refractivity contribution in [2.75, 3.05) is 26.3 Å². The number of rotatable bonds is 6. The first-order chi connectivity index (χ1) is 12.2. The third kappa shape index (κ3) is 4.99. The molecule has 132 valence electrons. The molecule has 0 radical (unpaired) electrons. The fraction of sp³-hybridized carbons (Fsp3) is 0.381. The van der Waals surface area contributed by atoms with Gasteiger partial charge in [-0.05, 0) is 55.2 Å². The van der Waals surface area contributed by atoms with Crippen molar-refractivity contribution >= 4 is 5.91 Å². The number of nitrogens with zero attached hydrogens (tertiary/aromatic N) is 1. The number of para-hydroxylation sites is 1. The highest BCUT2D eigenvalue weighted by Gasteiger charge is 2.21. The van der Waals surface area contributed by atoms with Crippen LogP contribution < -0.4 is 9.47 Å². The average molecular weight is 339 g/mol. The monoisotopic (exact) mass is 339 g/mol. The molecule has 0 atom stereocenters. The number of likely N-dealkylation sites (tertiary alicyclic amines) is 1. The molecule has 0 N–H and O–H groups in total. The van der Waals surface area contributed by atoms with Gasteiger partial charge in [0, 0.05) is 18.7 Å². The van der Waals surface area contributed by atoms with Crippen LogP contribution in [0.1, 0.15) is 30.1 Å². The van der Waals surface area contributed by atoms with Gasteiger partial charge in [0.2, 0.25) is 0 Å². The molecule has 0 aliphatic carbocycles. The summed E-state index contributed by atoms with van der Waals surface area (Å²) >= 11 is 0. The van der Waals surface area contributed by atoms with Crippen LogP contribution in [0, 0.1) is 5.92 Å². The van der Waals surface area contributed by atoms with Gasteiger partial charge in [-0.15, -0.1) is 0 Å². The molecule has 1 saturated heterocycles. The minimum atomic E-state index is 0.117. The molecule has 25 heavy (non-hydrogen) atoms. The summed E-state index contributed by atoms with van der Waals surface area (Å²) < 4.78 is 11.3. The van der Waals surface area contributed by atoms with Crippen molar-refractivity contribution in [2.24, 2.45) is 5.92 Å². The molecule has 0 saturated carbocycles. The van der Waals surface area contributed by atoms with Crippen LogP contribution in [0.15, 0.2) is 54.6 Å². The number of carbonyl (C=O) groups is 1. The van der Waals surface area contributed by atoms with Crippen molar-refractivity contribution in [2.45, 2.75) is 19.8 Å². The summed E-state index contributed by atoms with van der Waals surface area (Å²) in [7, 11) is 0. The predicted molar refractivity (Wildman–Crippen MR) is 98.2 cm³/mol. The molecule has 0 bridgehead atoms. The molecule has 3 rings (SSSR count). The van der Waals surface area contributed by atoms with Crippen LogP contribution in [0.4, 0.5) is 0 Å². The summed E-state index contributed by atoms with van der Waals surface area (Å²) in [6.07, 6.45) is 2.18. The van der Waals surface area contributed by atoms with E-state index < -0.39 is 0 Å². The second-order valence-electron chi connectivity index (χ2n) is 6.51. The lowest BCUT2D eigenvalue weighted by Gasteiger charge is -2.30. The van der Waals surface area contributed by atoms with Crippen molar-refractivity contribution in [1.82, 2.24) is 4.90 Å². The lowest BCUT2D eigenvalue weighted by Crippen LogP contribution is -2.37. The predicted octanol–water partition coefficient (Wildman–Crippen LogP) is 4.02. The summed E-state index contributed by atoms with van der Waals surface area (Å²) in [6, 6.07) is 17.1. The highest BCUT2D eigenvalue weighted by atomic mass is 16.5. The third-order valence-electron chi connectivity index (χ3n) is 4.54. The Hall–Kier alpha value is -2.49. The maximum absolute atomic E-state index is 12.5. The number of hydrogen-bond acceptors (Lipinski definition) is 3. The van der Waals surface area contributed by atoms with Gasteiger partial charge in [0.15, 0.2) is 0 Å². The normalized spacial score (nSPS) is 15.0. The first-order valence-corrected chi connectivity index (χ1v) is 8.92. The molecular weight excluding hydrogens is 314 g/mol. The van der Waals surface area contributed by atoms with Gasteiger partial charge in [0.25, 0.3) is 5.91 Å². The van der Waals surface area contributed by atoms with Crippen molar-refractivity contribution in [3.05, 3.63) is 60.2 Å². The molecule has 1 aliphatic heterocycles. The zero-order valence-corrected chi connectivity index (χ0v) is 14.7. The number of amides is 1. The first kappa shape index (κ1) is 17.3. The Balaban J connectivity index is 1.44. The van der Waals surface area contributed by atoms with E-state index in [-0.39, 0.29) is 5.91 Å². The summed E-state index contributed by atoms with van der Waals surface area (Å²) in [6.45, 7) is 4.91. The number of piperidine rings is 1. The van der Waals surface area contributed by atoms with Crippen LogP contribution in [-0.2, 0) is 0 Å². The first-order valence-electron chi connectivity index (χ1n) is 8.92. The van der Waals surface area contributed by atoms with Crippen LogP contribution in [-0.4, -0.2) is 37.1 Å². The van der Waals surface area contributed by atoms with Gasteiger partial charge < -0.3 is 14.4 Å². The fourth-order valence-electron chi connectivity index (χ4n) is 2.92. The van der Waals surface area contributed by atoms with Crippen LogP contribution in [0.25, 0.3) is 0 Å². The summed E-state index contributed by atoms with van der Waals surface area (Å²) in [5, 5.41) is 0. The molecular formula is C21H25NO3. The molecule has 0 spiro atoms. The van der Waals surface area contributed by atoms with E-state index >= 15 is 0 Å². The molecule has 0 aromatic heterocycles. The number of benzene rings is 2. The van der Waals surface area contributed by atoms with Gasteiger partial charge >= 0.3 is 0 Å². The Morgan fingerprint density at radius 2 is 1.48 bits per heavy atom. The molecule has 2 aromatic carbocycles. The smallest absolute Gasteiger partial charge is 0.253 e. The van der Waals surface area contributed by atoms with Gasteiger partial charge in [0.05, 0.1) is 0 Å². The van der Waals surface area contributed by atoms with Gasteiger partial charge in [-0.2, -0.15) is 0 Å². The van der Waals surface area contributed by atoms with Gasteiger partial charge in [-0.1, -0.05) is 25.1 Å². The van der Waals surface area contributed by atoms with Crippen LogP contribution in [0.2, 0.25) is 0 Å².